The molecular formula is C35H58BNO4. The molecule has 0 atom stereocenters. The lowest BCUT2D eigenvalue weighted by Gasteiger charge is -2.30. The van der Waals surface area contributed by atoms with E-state index in [2.05, 4.69) is 135 Å². The van der Waals surface area contributed by atoms with Gasteiger partial charge in [-0.15, -0.1) is 0 Å². The van der Waals surface area contributed by atoms with Gasteiger partial charge >= 0.3 is 6.96 Å². The largest absolute Gasteiger partial charge is 0.777 e. The smallest absolute Gasteiger partial charge is 0.609 e. The first-order chi connectivity index (χ1) is 18.5. The molecule has 0 fully saturated rings. The second-order valence-electron chi connectivity index (χ2n) is 16.3. The van der Waals surface area contributed by atoms with E-state index >= 15 is 0 Å². The van der Waals surface area contributed by atoms with Gasteiger partial charge < -0.3 is 23.1 Å². The van der Waals surface area contributed by atoms with Crippen molar-refractivity contribution in [3.63, 3.8) is 0 Å². The fourth-order valence-corrected chi connectivity index (χ4v) is 5.02. The van der Waals surface area contributed by atoms with E-state index in [0.717, 1.165) is 22.6 Å². The monoisotopic (exact) mass is 567 g/mol. The molecule has 0 saturated carbocycles. The van der Waals surface area contributed by atoms with Crippen LogP contribution in [0.3, 0.4) is 0 Å². The third-order valence-electron chi connectivity index (χ3n) is 8.82. The molecule has 0 N–H and O–H groups in total. The van der Waals surface area contributed by atoms with Gasteiger partial charge in [0.15, 0.2) is 0 Å². The van der Waals surface area contributed by atoms with Gasteiger partial charge in [-0.2, -0.15) is 0 Å². The summed E-state index contributed by atoms with van der Waals surface area (Å²) in [6, 6.07) is 8.61. The van der Waals surface area contributed by atoms with E-state index in [9.17, 15) is 0 Å². The van der Waals surface area contributed by atoms with Crippen LogP contribution in [0.15, 0.2) is 24.3 Å². The Morgan fingerprint density at radius 3 is 1.05 bits per heavy atom. The lowest BCUT2D eigenvalue weighted by Crippen LogP contribution is -2.54. The molecule has 0 aromatic heterocycles. The first kappa shape index (κ1) is 33.2. The maximum absolute atomic E-state index is 6.45. The van der Waals surface area contributed by atoms with Gasteiger partial charge in [0.1, 0.15) is 23.0 Å². The van der Waals surface area contributed by atoms with E-state index in [0.29, 0.717) is 11.5 Å². The molecule has 0 unspecified atom stereocenters. The van der Waals surface area contributed by atoms with Gasteiger partial charge in [-0.1, -0.05) is 95.2 Å². The van der Waals surface area contributed by atoms with Gasteiger partial charge in [-0.25, -0.2) is 0 Å². The highest BCUT2D eigenvalue weighted by Crippen LogP contribution is 2.53. The van der Waals surface area contributed by atoms with E-state index in [1.54, 1.807) is 0 Å². The number of nitrogens with zero attached hydrogens (tertiary/aromatic N) is 1. The van der Waals surface area contributed by atoms with Crippen LogP contribution < -0.4 is 18.6 Å². The molecule has 0 aliphatic carbocycles. The minimum absolute atomic E-state index is 0.0253. The number of benzene rings is 2. The summed E-state index contributed by atoms with van der Waals surface area (Å²) in [5.74, 6) is 2.82. The summed E-state index contributed by atoms with van der Waals surface area (Å²) in [6.07, 6.45) is 0. The number of fused-ring (bicyclic) bond motifs is 2. The highest BCUT2D eigenvalue weighted by Gasteiger charge is 2.54. The van der Waals surface area contributed by atoms with Crippen molar-refractivity contribution in [2.45, 2.75) is 126 Å². The Balaban J connectivity index is 0.000000507. The Labute approximate surface area is 251 Å². The van der Waals surface area contributed by atoms with Gasteiger partial charge in [0, 0.05) is 0 Å². The van der Waals surface area contributed by atoms with Crippen LogP contribution in [0.1, 0.15) is 126 Å². The lowest BCUT2D eigenvalue weighted by molar-refractivity contribution is -0.904. The summed E-state index contributed by atoms with van der Waals surface area (Å²) in [5, 5.41) is 0. The first-order valence-electron chi connectivity index (χ1n) is 15.6. The summed E-state index contributed by atoms with van der Waals surface area (Å²) < 4.78 is 26.9. The van der Waals surface area contributed by atoms with Crippen molar-refractivity contribution >= 4 is 6.96 Å². The Morgan fingerprint density at radius 1 is 0.512 bits per heavy atom. The Bertz CT molecular complexity index is 1150. The van der Waals surface area contributed by atoms with Crippen LogP contribution in [0.5, 0.6) is 23.0 Å². The molecule has 2 aromatic rings. The van der Waals surface area contributed by atoms with Crippen LogP contribution in [-0.2, 0) is 21.7 Å². The summed E-state index contributed by atoms with van der Waals surface area (Å²) >= 11 is 0. The number of rotatable bonds is 3. The maximum Gasteiger partial charge on any atom is 0.777 e. The highest BCUT2D eigenvalue weighted by atomic mass is 16.9. The predicted molar refractivity (Wildman–Crippen MR) is 174 cm³/mol. The average Bonchev–Trinajstić information content (AvgIpc) is 3.37. The summed E-state index contributed by atoms with van der Waals surface area (Å²) in [6.45, 7) is 34.4. The molecule has 2 aromatic carbocycles. The fourth-order valence-electron chi connectivity index (χ4n) is 5.02. The quantitative estimate of drug-likeness (QED) is 0.274. The van der Waals surface area contributed by atoms with Crippen molar-refractivity contribution in [2.75, 3.05) is 26.7 Å². The molecule has 4 rings (SSSR count). The zero-order chi connectivity index (χ0) is 31.4. The van der Waals surface area contributed by atoms with Crippen molar-refractivity contribution in [1.82, 2.24) is 0 Å². The molecule has 230 valence electrons. The lowest BCUT2D eigenvalue weighted by atomic mass is 9.80. The molecule has 41 heavy (non-hydrogen) atoms. The van der Waals surface area contributed by atoms with Crippen LogP contribution in [0.2, 0.25) is 0 Å². The molecule has 5 nitrogen and oxygen atoms in total. The third kappa shape index (κ3) is 7.01. The van der Waals surface area contributed by atoms with Crippen molar-refractivity contribution < 1.29 is 23.1 Å². The Morgan fingerprint density at radius 2 is 0.829 bits per heavy atom. The van der Waals surface area contributed by atoms with E-state index in [4.69, 9.17) is 18.6 Å². The van der Waals surface area contributed by atoms with Crippen molar-refractivity contribution in [3.8, 4) is 23.0 Å². The Hall–Kier alpha value is -2.34. The van der Waals surface area contributed by atoms with Gasteiger partial charge in [-0.05, 0) is 76.8 Å². The number of hydrogen-bond acceptors (Lipinski definition) is 4. The molecule has 2 heterocycles. The molecule has 2 aliphatic heterocycles. The van der Waals surface area contributed by atoms with Gasteiger partial charge in [0.25, 0.3) is 0 Å². The van der Waals surface area contributed by atoms with Gasteiger partial charge in [0.05, 0.1) is 26.7 Å². The topological polar surface area (TPSA) is 36.9 Å². The van der Waals surface area contributed by atoms with Gasteiger partial charge in [-0.3, -0.25) is 0 Å². The fraction of sp³-hybridized carbons (Fsp3) is 0.657. The third-order valence-corrected chi connectivity index (χ3v) is 8.82. The van der Waals surface area contributed by atoms with Crippen LogP contribution in [0.25, 0.3) is 0 Å². The van der Waals surface area contributed by atoms with E-state index in [1.807, 2.05) is 0 Å². The Kier molecular flexibility index (Phi) is 8.69. The van der Waals surface area contributed by atoms with Crippen LogP contribution in [0.4, 0.5) is 0 Å². The molecular weight excluding hydrogens is 509 g/mol. The normalized spacial score (nSPS) is 16.1. The average molecular weight is 568 g/mol. The molecule has 2 aliphatic rings. The standard InChI is InChI=1S/C28H40BO4.C7H18N/c1-25(2,3)17-13-19(27(7,8)9)23-21(15-17)30-29(32-23)31-22-16-18(26(4,5)6)14-20(24(22)33-29)28(10,11)12;1-5-8(4,6-2)7-3/h13-16H,1-12H3;5-7H2,1-4H3/q-1;+1. The summed E-state index contributed by atoms with van der Waals surface area (Å²) in [7, 11) is 2.29. The molecule has 0 bridgehead atoms. The second-order valence-corrected chi connectivity index (χ2v) is 16.3. The predicted octanol–water partition coefficient (Wildman–Crippen LogP) is 9.05. The van der Waals surface area contributed by atoms with Crippen LogP contribution in [-0.4, -0.2) is 38.1 Å². The highest BCUT2D eigenvalue weighted by molar-refractivity contribution is 6.59. The molecule has 0 amide bonds. The molecule has 6 heteroatoms. The summed E-state index contributed by atoms with van der Waals surface area (Å²) in [4.78, 5) is 0. The number of hydrogen-bond donors (Lipinski definition) is 0. The number of quaternary nitrogens is 1. The minimum atomic E-state index is -2.46. The van der Waals surface area contributed by atoms with E-state index in [1.165, 1.54) is 35.2 Å². The SMILES string of the molecule is CC(C)(C)c1cc2c(c(C(C)(C)C)c1)O[B-]1(O2)Oc2cc(C(C)(C)C)cc(C(C)(C)C)c2O1.CC[N+](C)(CC)CC. The molecule has 0 radical (unpaired) electrons. The van der Waals surface area contributed by atoms with Crippen LogP contribution in [0, 0.1) is 0 Å². The zero-order valence-electron chi connectivity index (χ0n) is 29.1. The summed E-state index contributed by atoms with van der Waals surface area (Å²) in [5.41, 5.74) is 4.28. The molecule has 0 saturated heterocycles. The van der Waals surface area contributed by atoms with Crippen molar-refractivity contribution in [2.24, 2.45) is 0 Å². The minimum Gasteiger partial charge on any atom is -0.609 e. The van der Waals surface area contributed by atoms with Crippen molar-refractivity contribution in [1.29, 1.82) is 0 Å². The van der Waals surface area contributed by atoms with Crippen LogP contribution >= 0.6 is 0 Å². The maximum atomic E-state index is 6.45. The second kappa shape index (κ2) is 10.7. The molecule has 1 spiro atoms. The van der Waals surface area contributed by atoms with Crippen molar-refractivity contribution in [3.05, 3.63) is 46.5 Å². The van der Waals surface area contributed by atoms with Gasteiger partial charge in [0.2, 0.25) is 0 Å². The van der Waals surface area contributed by atoms with E-state index in [-0.39, 0.29) is 21.7 Å². The first-order valence-corrected chi connectivity index (χ1v) is 15.6. The van der Waals surface area contributed by atoms with E-state index < -0.39 is 6.96 Å². The zero-order valence-corrected chi connectivity index (χ0v) is 29.1.